The van der Waals surface area contributed by atoms with Gasteiger partial charge in [-0.1, -0.05) is 12.1 Å². The van der Waals surface area contributed by atoms with Crippen LogP contribution in [-0.2, 0) is 19.4 Å². The van der Waals surface area contributed by atoms with Crippen LogP contribution < -0.4 is 10.6 Å². The third kappa shape index (κ3) is 6.00. The molecule has 0 fully saturated rings. The van der Waals surface area contributed by atoms with Crippen molar-refractivity contribution in [3.63, 3.8) is 0 Å². The first-order chi connectivity index (χ1) is 9.81. The molecule has 8 heteroatoms. The van der Waals surface area contributed by atoms with Crippen LogP contribution in [0.15, 0.2) is 28.0 Å². The monoisotopic (exact) mass is 421 g/mol. The molecule has 6 nitrogen and oxygen atoms in total. The number of hydrogen-bond acceptors (Lipinski definition) is 5. The van der Waals surface area contributed by atoms with E-state index in [9.17, 15) is 0 Å². The summed E-state index contributed by atoms with van der Waals surface area (Å²) in [4.78, 5) is 9.88. The summed E-state index contributed by atoms with van der Waals surface area (Å²) in [5.74, 6) is 0.750. The quantitative estimate of drug-likeness (QED) is 0.425. The van der Waals surface area contributed by atoms with E-state index in [1.165, 1.54) is 4.88 Å². The van der Waals surface area contributed by atoms with E-state index in [4.69, 9.17) is 4.52 Å². The van der Waals surface area contributed by atoms with Crippen molar-refractivity contribution in [2.45, 2.75) is 26.3 Å². The van der Waals surface area contributed by atoms with Crippen LogP contribution in [0.2, 0.25) is 0 Å². The Balaban J connectivity index is 0.00000220. The van der Waals surface area contributed by atoms with Gasteiger partial charge in [-0.25, -0.2) is 4.98 Å². The lowest BCUT2D eigenvalue weighted by Gasteiger charge is -2.09. The van der Waals surface area contributed by atoms with Crippen molar-refractivity contribution in [2.75, 3.05) is 13.6 Å². The van der Waals surface area contributed by atoms with Gasteiger partial charge < -0.3 is 15.2 Å². The fourth-order valence-electron chi connectivity index (χ4n) is 1.64. The number of thiazole rings is 1. The highest BCUT2D eigenvalue weighted by Crippen LogP contribution is 2.13. The third-order valence-corrected chi connectivity index (χ3v) is 3.93. The normalized spacial score (nSPS) is 11.0. The number of rotatable bonds is 6. The molecular formula is C13H20IN5OS. The first kappa shape index (κ1) is 17.9. The predicted octanol–water partition coefficient (Wildman–Crippen LogP) is 2.22. The van der Waals surface area contributed by atoms with Gasteiger partial charge in [0, 0.05) is 37.2 Å². The molecule has 2 N–H and O–H groups in total. The zero-order valence-electron chi connectivity index (χ0n) is 12.1. The second-order valence-electron chi connectivity index (χ2n) is 4.17. The molecule has 21 heavy (non-hydrogen) atoms. The van der Waals surface area contributed by atoms with Crippen molar-refractivity contribution in [1.82, 2.24) is 20.8 Å². The number of nitrogens with one attached hydrogen (secondary N) is 2. The zero-order chi connectivity index (χ0) is 14.2. The van der Waals surface area contributed by atoms with Crippen LogP contribution in [0.5, 0.6) is 0 Å². The average Bonchev–Trinajstić information content (AvgIpc) is 3.13. The summed E-state index contributed by atoms with van der Waals surface area (Å²) in [6.45, 7) is 3.54. The first-order valence-electron chi connectivity index (χ1n) is 6.59. The Bertz CT molecular complexity index is 541. The minimum Gasteiger partial charge on any atom is -0.364 e. The summed E-state index contributed by atoms with van der Waals surface area (Å²) in [7, 11) is 1.75. The fraction of sp³-hybridized carbons (Fsp3) is 0.462. The molecule has 2 aromatic heterocycles. The molecule has 0 unspecified atom stereocenters. The summed E-state index contributed by atoms with van der Waals surface area (Å²) in [5, 5.41) is 11.4. The van der Waals surface area contributed by atoms with Gasteiger partial charge in [0.2, 0.25) is 0 Å². The molecule has 0 amide bonds. The molecule has 0 aliphatic carbocycles. The van der Waals surface area contributed by atoms with E-state index in [2.05, 4.69) is 32.7 Å². The van der Waals surface area contributed by atoms with E-state index in [1.807, 2.05) is 12.3 Å². The number of aryl methyl sites for hydroxylation is 1. The Labute approximate surface area is 145 Å². The highest BCUT2D eigenvalue weighted by Gasteiger charge is 2.03. The van der Waals surface area contributed by atoms with Crippen LogP contribution in [0.1, 0.15) is 22.5 Å². The number of aromatic nitrogens is 2. The van der Waals surface area contributed by atoms with Crippen LogP contribution in [-0.4, -0.2) is 29.7 Å². The highest BCUT2D eigenvalue weighted by atomic mass is 127. The van der Waals surface area contributed by atoms with E-state index >= 15 is 0 Å². The Morgan fingerprint density at radius 1 is 1.43 bits per heavy atom. The van der Waals surface area contributed by atoms with Crippen molar-refractivity contribution in [3.05, 3.63) is 34.1 Å². The first-order valence-corrected chi connectivity index (χ1v) is 7.40. The maximum Gasteiger partial charge on any atom is 0.191 e. The lowest BCUT2D eigenvalue weighted by molar-refractivity contribution is 0.410. The molecule has 0 radical (unpaired) electrons. The van der Waals surface area contributed by atoms with Crippen LogP contribution >= 0.6 is 35.3 Å². The van der Waals surface area contributed by atoms with Crippen molar-refractivity contribution < 1.29 is 4.52 Å². The van der Waals surface area contributed by atoms with Gasteiger partial charge in [0.15, 0.2) is 5.96 Å². The maximum atomic E-state index is 4.78. The smallest absolute Gasteiger partial charge is 0.191 e. The van der Waals surface area contributed by atoms with Gasteiger partial charge >= 0.3 is 0 Å². The van der Waals surface area contributed by atoms with Crippen LogP contribution in [0.4, 0.5) is 0 Å². The summed E-state index contributed by atoms with van der Waals surface area (Å²) in [6.07, 6.45) is 5.46. The SMILES string of the molecule is CCc1cnc(CCNC(=NC)NCc2ccon2)s1.I. The van der Waals surface area contributed by atoms with Gasteiger partial charge in [-0.2, -0.15) is 0 Å². The maximum absolute atomic E-state index is 4.78. The van der Waals surface area contributed by atoms with Crippen molar-refractivity contribution in [3.8, 4) is 0 Å². The molecule has 0 saturated heterocycles. The average molecular weight is 421 g/mol. The minimum absolute atomic E-state index is 0. The molecule has 0 spiro atoms. The Hall–Kier alpha value is -1.16. The molecule has 0 atom stereocenters. The van der Waals surface area contributed by atoms with Crippen molar-refractivity contribution in [2.24, 2.45) is 4.99 Å². The second-order valence-corrected chi connectivity index (χ2v) is 5.37. The van der Waals surface area contributed by atoms with Crippen molar-refractivity contribution in [1.29, 1.82) is 0 Å². The Morgan fingerprint density at radius 2 is 2.29 bits per heavy atom. The van der Waals surface area contributed by atoms with Crippen molar-refractivity contribution >= 4 is 41.3 Å². The van der Waals surface area contributed by atoms with E-state index in [1.54, 1.807) is 24.6 Å². The Kier molecular flexibility index (Phi) is 8.28. The predicted molar refractivity (Wildman–Crippen MR) is 95.3 cm³/mol. The molecule has 0 bridgehead atoms. The molecule has 2 aromatic rings. The lowest BCUT2D eigenvalue weighted by atomic mass is 10.4. The van der Waals surface area contributed by atoms with Gasteiger partial charge in [-0.05, 0) is 6.42 Å². The molecule has 116 valence electrons. The molecule has 2 rings (SSSR count). The number of hydrogen-bond donors (Lipinski definition) is 2. The van der Waals surface area contributed by atoms with E-state index in [0.717, 1.165) is 36.0 Å². The summed E-state index contributed by atoms with van der Waals surface area (Å²) in [6, 6.07) is 1.82. The van der Waals surface area contributed by atoms with Gasteiger partial charge in [0.25, 0.3) is 0 Å². The number of halogens is 1. The van der Waals surface area contributed by atoms with Crippen LogP contribution in [0, 0.1) is 0 Å². The molecule has 0 saturated carbocycles. The lowest BCUT2D eigenvalue weighted by Crippen LogP contribution is -2.37. The molecule has 0 aliphatic heterocycles. The molecule has 2 heterocycles. The van der Waals surface area contributed by atoms with Gasteiger partial charge in [0.05, 0.1) is 11.6 Å². The van der Waals surface area contributed by atoms with Crippen LogP contribution in [0.3, 0.4) is 0 Å². The third-order valence-electron chi connectivity index (χ3n) is 2.73. The highest BCUT2D eigenvalue weighted by molar-refractivity contribution is 14.0. The van der Waals surface area contributed by atoms with Crippen LogP contribution in [0.25, 0.3) is 0 Å². The van der Waals surface area contributed by atoms with Gasteiger partial charge in [-0.3, -0.25) is 4.99 Å². The second kappa shape index (κ2) is 9.72. The molecular weight excluding hydrogens is 401 g/mol. The number of guanidine groups is 1. The summed E-state index contributed by atoms with van der Waals surface area (Å²) < 4.78 is 4.78. The van der Waals surface area contributed by atoms with Gasteiger partial charge in [0.1, 0.15) is 12.0 Å². The van der Waals surface area contributed by atoms with E-state index in [0.29, 0.717) is 6.54 Å². The zero-order valence-corrected chi connectivity index (χ0v) is 15.3. The van der Waals surface area contributed by atoms with E-state index in [-0.39, 0.29) is 24.0 Å². The summed E-state index contributed by atoms with van der Waals surface area (Å²) >= 11 is 1.77. The number of nitrogens with zero attached hydrogens (tertiary/aromatic N) is 3. The fourth-order valence-corrected chi connectivity index (χ4v) is 2.50. The standard InChI is InChI=1S/C13H19N5OS.HI/c1-3-11-9-16-12(20-11)4-6-15-13(14-2)17-8-10-5-7-19-18-10;/h5,7,9H,3-4,6,8H2,1-2H3,(H2,14,15,17);1H. The topological polar surface area (TPSA) is 75.3 Å². The van der Waals surface area contributed by atoms with E-state index < -0.39 is 0 Å². The van der Waals surface area contributed by atoms with Gasteiger partial charge in [-0.15, -0.1) is 35.3 Å². The molecule has 0 aromatic carbocycles. The summed E-state index contributed by atoms with van der Waals surface area (Å²) in [5.41, 5.74) is 0.848. The minimum atomic E-state index is 0. The molecule has 0 aliphatic rings. The number of aliphatic imine (C=N–C) groups is 1. The largest absolute Gasteiger partial charge is 0.364 e. The Morgan fingerprint density at radius 3 is 2.90 bits per heavy atom.